The number of nitrogens with zero attached hydrogens (tertiary/aromatic N) is 3. The zero-order valence-electron chi connectivity index (χ0n) is 19.3. The Hall–Kier alpha value is -4.15. The van der Waals surface area contributed by atoms with Crippen molar-refractivity contribution in [2.75, 3.05) is 11.5 Å². The number of hydrogen-bond donors (Lipinski definition) is 5. The monoisotopic (exact) mass is 480 g/mol. The summed E-state index contributed by atoms with van der Waals surface area (Å²) in [7, 11) is 0. The number of aryl methyl sites for hydroxylation is 2. The maximum atomic E-state index is 12.8. The van der Waals surface area contributed by atoms with E-state index in [4.69, 9.17) is 16.6 Å². The molecule has 1 aliphatic rings. The number of aliphatic carboxylic acids is 2. The van der Waals surface area contributed by atoms with Crippen LogP contribution < -0.4 is 16.8 Å². The maximum absolute atomic E-state index is 12.8. The van der Waals surface area contributed by atoms with Gasteiger partial charge in [-0.1, -0.05) is 6.92 Å². The number of amides is 1. The number of hydrogen-bond acceptors (Lipinski definition) is 7. The van der Waals surface area contributed by atoms with Crippen molar-refractivity contribution in [2.24, 2.45) is 0 Å². The van der Waals surface area contributed by atoms with Gasteiger partial charge in [-0.2, -0.15) is 4.98 Å². The molecule has 2 atom stereocenters. The summed E-state index contributed by atoms with van der Waals surface area (Å²) < 4.78 is 2.21. The molecule has 0 aliphatic heterocycles. The molecule has 0 fully saturated rings. The van der Waals surface area contributed by atoms with E-state index in [1.54, 1.807) is 12.1 Å². The molecular formula is C24H28N6O5. The number of carboxylic acids is 2. The highest BCUT2D eigenvalue weighted by molar-refractivity contribution is 6.00. The van der Waals surface area contributed by atoms with E-state index in [9.17, 15) is 19.5 Å². The molecule has 3 aromatic rings. The molecule has 0 spiro atoms. The molecule has 7 N–H and O–H groups in total. The molecule has 2 aromatic heterocycles. The average Bonchev–Trinajstić information content (AvgIpc) is 3.37. The van der Waals surface area contributed by atoms with Gasteiger partial charge in [0.25, 0.3) is 5.91 Å². The molecular weight excluding hydrogens is 452 g/mol. The molecule has 35 heavy (non-hydrogen) atoms. The van der Waals surface area contributed by atoms with Crippen LogP contribution in [0.5, 0.6) is 0 Å². The smallest absolute Gasteiger partial charge is 0.326 e. The van der Waals surface area contributed by atoms with Crippen LogP contribution in [0.1, 0.15) is 65.8 Å². The molecule has 0 saturated heterocycles. The zero-order chi connectivity index (χ0) is 25.3. The van der Waals surface area contributed by atoms with Crippen LogP contribution in [-0.2, 0) is 22.6 Å². The highest BCUT2D eigenvalue weighted by atomic mass is 16.4. The Bertz CT molecular complexity index is 1320. The Balaban J connectivity index is 1.68. The standard InChI is InChI=1S/C24H28N6O5/c1-2-9-30-17-7-3-12(22(33)27-16(23(34)35)6-8-19(31)32)10-13(17)11-18(30)14-4-5-15-20(14)21(25)29-24(26)28-15/h3,7,10-11,14,16H,2,4-6,8-9H2,1H3,(H,27,33)(H,31,32)(H,34,35)(H4,25,26,28,29)/t14?,16-/m0/s1. The minimum absolute atomic E-state index is 0.00534. The molecule has 1 amide bonds. The van der Waals surface area contributed by atoms with Crippen molar-refractivity contribution < 1.29 is 24.6 Å². The first-order chi connectivity index (χ1) is 16.7. The number of benzene rings is 1. The van der Waals surface area contributed by atoms with E-state index < -0.39 is 23.9 Å². The molecule has 1 aliphatic carbocycles. The number of nitrogen functional groups attached to an aromatic ring is 2. The topological polar surface area (TPSA) is 186 Å². The first-order valence-corrected chi connectivity index (χ1v) is 11.5. The van der Waals surface area contributed by atoms with Gasteiger partial charge in [-0.25, -0.2) is 9.78 Å². The Kier molecular flexibility index (Phi) is 6.59. The van der Waals surface area contributed by atoms with Crippen molar-refractivity contribution in [3.8, 4) is 0 Å². The second kappa shape index (κ2) is 9.61. The van der Waals surface area contributed by atoms with E-state index in [2.05, 4.69) is 26.8 Å². The lowest BCUT2D eigenvalue weighted by atomic mass is 9.98. The lowest BCUT2D eigenvalue weighted by Crippen LogP contribution is -2.41. The van der Waals surface area contributed by atoms with Gasteiger partial charge in [0.05, 0.1) is 5.69 Å². The second-order valence-electron chi connectivity index (χ2n) is 8.71. The first kappa shape index (κ1) is 24.0. The molecule has 4 rings (SSSR count). The lowest BCUT2D eigenvalue weighted by molar-refractivity contribution is -0.140. The normalized spacial score (nSPS) is 15.6. The number of anilines is 2. The van der Waals surface area contributed by atoms with E-state index in [1.807, 2.05) is 12.1 Å². The third kappa shape index (κ3) is 4.75. The predicted octanol–water partition coefficient (Wildman–Crippen LogP) is 2.13. The highest BCUT2D eigenvalue weighted by Crippen LogP contribution is 2.42. The van der Waals surface area contributed by atoms with E-state index in [0.29, 0.717) is 11.4 Å². The van der Waals surface area contributed by atoms with E-state index in [1.165, 1.54) is 0 Å². The van der Waals surface area contributed by atoms with E-state index in [-0.39, 0.29) is 24.7 Å². The van der Waals surface area contributed by atoms with Gasteiger partial charge in [0.15, 0.2) is 0 Å². The van der Waals surface area contributed by atoms with Crippen molar-refractivity contribution in [2.45, 2.75) is 57.5 Å². The van der Waals surface area contributed by atoms with Gasteiger partial charge >= 0.3 is 11.9 Å². The SMILES string of the molecule is CCCn1c(C2CCc3nc(N)nc(N)c32)cc2cc(C(=O)N[C@@H](CCC(=O)O)C(=O)O)ccc21. The molecule has 0 saturated carbocycles. The Labute approximate surface area is 201 Å². The van der Waals surface area contributed by atoms with E-state index >= 15 is 0 Å². The third-order valence-electron chi connectivity index (χ3n) is 6.34. The van der Waals surface area contributed by atoms with Crippen molar-refractivity contribution in [3.63, 3.8) is 0 Å². The lowest BCUT2D eigenvalue weighted by Gasteiger charge is -2.17. The summed E-state index contributed by atoms with van der Waals surface area (Å²) in [5, 5.41) is 21.5. The largest absolute Gasteiger partial charge is 0.481 e. The number of carbonyl (C=O) groups is 3. The number of nitrogens with one attached hydrogen (secondary N) is 1. The number of fused-ring (bicyclic) bond motifs is 2. The van der Waals surface area contributed by atoms with Crippen LogP contribution in [0.2, 0.25) is 0 Å². The van der Waals surface area contributed by atoms with Gasteiger partial charge in [0.1, 0.15) is 11.9 Å². The second-order valence-corrected chi connectivity index (χ2v) is 8.71. The Morgan fingerprint density at radius 3 is 2.66 bits per heavy atom. The molecule has 1 aromatic carbocycles. The van der Waals surface area contributed by atoms with Crippen LogP contribution in [0.25, 0.3) is 10.9 Å². The minimum Gasteiger partial charge on any atom is -0.481 e. The molecule has 11 heteroatoms. The molecule has 184 valence electrons. The van der Waals surface area contributed by atoms with Crippen molar-refractivity contribution >= 4 is 40.5 Å². The number of nitrogens with two attached hydrogens (primary N) is 2. The van der Waals surface area contributed by atoms with Crippen LogP contribution >= 0.6 is 0 Å². The Morgan fingerprint density at radius 1 is 1.20 bits per heavy atom. The minimum atomic E-state index is -1.29. The summed E-state index contributed by atoms with van der Waals surface area (Å²) in [6.45, 7) is 2.85. The van der Waals surface area contributed by atoms with Crippen LogP contribution in [0.4, 0.5) is 11.8 Å². The van der Waals surface area contributed by atoms with Crippen LogP contribution in [0, 0.1) is 0 Å². The quantitative estimate of drug-likeness (QED) is 0.306. The molecule has 11 nitrogen and oxygen atoms in total. The molecule has 0 bridgehead atoms. The number of carbonyl (C=O) groups excluding carboxylic acids is 1. The van der Waals surface area contributed by atoms with Crippen LogP contribution in [-0.4, -0.2) is 48.6 Å². The fourth-order valence-electron chi connectivity index (χ4n) is 4.81. The van der Waals surface area contributed by atoms with Crippen molar-refractivity contribution in [3.05, 3.63) is 46.8 Å². The molecule has 0 radical (unpaired) electrons. The zero-order valence-corrected chi connectivity index (χ0v) is 19.3. The fraction of sp³-hybridized carbons (Fsp3) is 0.375. The third-order valence-corrected chi connectivity index (χ3v) is 6.34. The fourth-order valence-corrected chi connectivity index (χ4v) is 4.81. The van der Waals surface area contributed by atoms with Gasteiger partial charge in [0.2, 0.25) is 5.95 Å². The van der Waals surface area contributed by atoms with Crippen molar-refractivity contribution in [1.29, 1.82) is 0 Å². The first-order valence-electron chi connectivity index (χ1n) is 11.5. The summed E-state index contributed by atoms with van der Waals surface area (Å²) in [6, 6.07) is 5.94. The van der Waals surface area contributed by atoms with Gasteiger partial charge < -0.3 is 31.6 Å². The van der Waals surface area contributed by atoms with Gasteiger partial charge in [-0.15, -0.1) is 0 Å². The summed E-state index contributed by atoms with van der Waals surface area (Å²) >= 11 is 0. The average molecular weight is 481 g/mol. The number of rotatable bonds is 9. The molecule has 1 unspecified atom stereocenters. The summed E-state index contributed by atoms with van der Waals surface area (Å²) in [5.41, 5.74) is 16.0. The van der Waals surface area contributed by atoms with Crippen LogP contribution in [0.3, 0.4) is 0 Å². The van der Waals surface area contributed by atoms with E-state index in [0.717, 1.165) is 53.7 Å². The summed E-state index contributed by atoms with van der Waals surface area (Å²) in [6.07, 6.45) is 1.89. The Morgan fingerprint density at radius 2 is 1.97 bits per heavy atom. The van der Waals surface area contributed by atoms with Crippen LogP contribution in [0.15, 0.2) is 24.3 Å². The predicted molar refractivity (Wildman–Crippen MR) is 129 cm³/mol. The maximum Gasteiger partial charge on any atom is 0.326 e. The highest BCUT2D eigenvalue weighted by Gasteiger charge is 2.31. The summed E-state index contributed by atoms with van der Waals surface area (Å²) in [4.78, 5) is 43.6. The van der Waals surface area contributed by atoms with Gasteiger partial charge in [-0.3, -0.25) is 9.59 Å². The molecule has 2 heterocycles. The van der Waals surface area contributed by atoms with Gasteiger partial charge in [0, 0.05) is 46.6 Å². The van der Waals surface area contributed by atoms with Gasteiger partial charge in [-0.05, 0) is 49.9 Å². The number of carboxylic acid groups (broad SMARTS) is 2. The summed E-state index contributed by atoms with van der Waals surface area (Å²) in [5.74, 6) is -2.45. The number of aromatic nitrogens is 3. The van der Waals surface area contributed by atoms with Crippen molar-refractivity contribution in [1.82, 2.24) is 19.9 Å².